The number of nitrogens with zero attached hydrogens (tertiary/aromatic N) is 3. The maximum absolute atomic E-state index is 12.6. The Kier molecular flexibility index (Phi) is 6.06. The molecule has 0 spiro atoms. The number of nitrogens with one attached hydrogen (secondary N) is 1. The first-order valence-electron chi connectivity index (χ1n) is 8.71. The molecule has 0 aliphatic rings. The van der Waals surface area contributed by atoms with Crippen LogP contribution >= 0.6 is 0 Å². The molecule has 0 radical (unpaired) electrons. The molecule has 0 atom stereocenters. The van der Waals surface area contributed by atoms with Crippen LogP contribution in [0.15, 0.2) is 60.9 Å². The molecule has 3 aromatic rings. The second-order valence-electron chi connectivity index (χ2n) is 6.12. The summed E-state index contributed by atoms with van der Waals surface area (Å²) in [5, 5.41) is 3.13. The van der Waals surface area contributed by atoms with E-state index in [1.165, 1.54) is 12.4 Å². The van der Waals surface area contributed by atoms with Crippen molar-refractivity contribution in [1.29, 1.82) is 0 Å². The van der Waals surface area contributed by atoms with Crippen LogP contribution in [0.2, 0.25) is 0 Å². The van der Waals surface area contributed by atoms with Crippen LogP contribution in [0, 0.1) is 0 Å². The van der Waals surface area contributed by atoms with Gasteiger partial charge in [0, 0.05) is 19.7 Å². The third-order valence-electron chi connectivity index (χ3n) is 4.15. The molecule has 0 saturated heterocycles. The number of benzene rings is 2. The molecule has 7 nitrogen and oxygen atoms in total. The molecular weight excluding hydrogens is 356 g/mol. The van der Waals surface area contributed by atoms with Crippen LogP contribution in [-0.2, 0) is 6.54 Å². The first kappa shape index (κ1) is 19.2. The fraction of sp³-hybridized carbons (Fsp3) is 0.190. The Bertz CT molecular complexity index is 930. The summed E-state index contributed by atoms with van der Waals surface area (Å²) in [6.45, 7) is 0.504. The maximum Gasteiger partial charge on any atom is 0.274 e. The zero-order valence-electron chi connectivity index (χ0n) is 16.0. The van der Waals surface area contributed by atoms with Gasteiger partial charge in [-0.25, -0.2) is 9.97 Å². The molecule has 0 bridgehead atoms. The van der Waals surface area contributed by atoms with Crippen molar-refractivity contribution in [3.05, 3.63) is 72.2 Å². The van der Waals surface area contributed by atoms with Gasteiger partial charge in [0.2, 0.25) is 0 Å². The highest BCUT2D eigenvalue weighted by molar-refractivity contribution is 5.91. The zero-order valence-corrected chi connectivity index (χ0v) is 16.0. The lowest BCUT2D eigenvalue weighted by molar-refractivity contribution is 0.0779. The fourth-order valence-electron chi connectivity index (χ4n) is 2.67. The Morgan fingerprint density at radius 1 is 1.04 bits per heavy atom. The van der Waals surface area contributed by atoms with Crippen LogP contribution in [0.5, 0.6) is 11.5 Å². The van der Waals surface area contributed by atoms with E-state index < -0.39 is 0 Å². The minimum Gasteiger partial charge on any atom is -0.497 e. The molecule has 0 saturated carbocycles. The first-order chi connectivity index (χ1) is 13.6. The molecule has 0 aliphatic carbocycles. The minimum atomic E-state index is -0.190. The van der Waals surface area contributed by atoms with E-state index in [1.807, 2.05) is 42.5 Å². The van der Waals surface area contributed by atoms with Crippen molar-refractivity contribution in [2.75, 3.05) is 26.6 Å². The number of rotatable bonds is 7. The van der Waals surface area contributed by atoms with E-state index in [1.54, 1.807) is 32.2 Å². The molecule has 2 aromatic carbocycles. The van der Waals surface area contributed by atoms with E-state index in [-0.39, 0.29) is 11.6 Å². The molecular formula is C21H22N4O3. The van der Waals surface area contributed by atoms with Crippen LogP contribution < -0.4 is 14.8 Å². The van der Waals surface area contributed by atoms with Gasteiger partial charge in [0.1, 0.15) is 23.0 Å². The molecule has 1 heterocycles. The average Bonchev–Trinajstić information content (AvgIpc) is 2.74. The molecule has 144 valence electrons. The largest absolute Gasteiger partial charge is 0.497 e. The number of amides is 1. The number of hydrogen-bond donors (Lipinski definition) is 1. The Morgan fingerprint density at radius 2 is 1.82 bits per heavy atom. The second-order valence-corrected chi connectivity index (χ2v) is 6.12. The Hall–Kier alpha value is -3.61. The summed E-state index contributed by atoms with van der Waals surface area (Å²) in [5.74, 6) is 1.62. The summed E-state index contributed by atoms with van der Waals surface area (Å²) in [4.78, 5) is 22.7. The number of methoxy groups -OCH3 is 2. The van der Waals surface area contributed by atoms with Crippen molar-refractivity contribution in [2.24, 2.45) is 0 Å². The topological polar surface area (TPSA) is 76.6 Å². The number of carbonyl (C=O) groups is 1. The predicted octanol–water partition coefficient (Wildman–Crippen LogP) is 3.51. The van der Waals surface area contributed by atoms with Gasteiger partial charge in [-0.1, -0.05) is 30.3 Å². The first-order valence-corrected chi connectivity index (χ1v) is 8.71. The number of aromatic nitrogens is 2. The van der Waals surface area contributed by atoms with Gasteiger partial charge in [-0.3, -0.25) is 4.79 Å². The number of anilines is 2. The van der Waals surface area contributed by atoms with E-state index in [0.717, 1.165) is 11.3 Å². The lowest BCUT2D eigenvalue weighted by atomic mass is 10.2. The van der Waals surface area contributed by atoms with Crippen LogP contribution in [0.1, 0.15) is 16.1 Å². The second kappa shape index (κ2) is 8.85. The lowest BCUT2D eigenvalue weighted by Gasteiger charge is -2.17. The molecule has 0 fully saturated rings. The van der Waals surface area contributed by atoms with E-state index >= 15 is 0 Å². The Labute approximate surface area is 164 Å². The van der Waals surface area contributed by atoms with E-state index in [9.17, 15) is 4.79 Å². The van der Waals surface area contributed by atoms with Gasteiger partial charge in [-0.05, 0) is 17.7 Å². The van der Waals surface area contributed by atoms with Crippen molar-refractivity contribution in [2.45, 2.75) is 6.54 Å². The van der Waals surface area contributed by atoms with E-state index in [4.69, 9.17) is 9.47 Å². The van der Waals surface area contributed by atoms with Crippen LogP contribution in [0.3, 0.4) is 0 Å². The summed E-state index contributed by atoms with van der Waals surface area (Å²) in [6.07, 6.45) is 2.98. The van der Waals surface area contributed by atoms with Gasteiger partial charge in [0.25, 0.3) is 5.91 Å². The summed E-state index contributed by atoms with van der Waals surface area (Å²) in [6, 6.07) is 15.2. The maximum atomic E-state index is 12.6. The highest BCUT2D eigenvalue weighted by Crippen LogP contribution is 2.30. The SMILES string of the molecule is COc1ccc(Nc2cnc(C(=O)N(C)Cc3ccccc3)cn2)c(OC)c1. The van der Waals surface area contributed by atoms with Gasteiger partial charge in [0.15, 0.2) is 0 Å². The molecule has 1 N–H and O–H groups in total. The molecule has 7 heteroatoms. The van der Waals surface area contributed by atoms with Gasteiger partial charge in [-0.2, -0.15) is 0 Å². The van der Waals surface area contributed by atoms with Crippen LogP contribution in [0.4, 0.5) is 11.5 Å². The van der Waals surface area contributed by atoms with Gasteiger partial charge in [-0.15, -0.1) is 0 Å². The van der Waals surface area contributed by atoms with Crippen molar-refractivity contribution >= 4 is 17.4 Å². The smallest absolute Gasteiger partial charge is 0.274 e. The molecule has 0 aliphatic heterocycles. The standard InChI is InChI=1S/C21H22N4O3/c1-25(14-15-7-5-4-6-8-15)21(26)18-12-23-20(13-22-18)24-17-10-9-16(27-2)11-19(17)28-3/h4-13H,14H2,1-3H3,(H,23,24). The predicted molar refractivity (Wildman–Crippen MR) is 107 cm³/mol. The number of ether oxygens (including phenoxy) is 2. The fourth-order valence-corrected chi connectivity index (χ4v) is 2.67. The van der Waals surface area contributed by atoms with Crippen molar-refractivity contribution in [3.63, 3.8) is 0 Å². The molecule has 0 unspecified atom stereocenters. The highest BCUT2D eigenvalue weighted by atomic mass is 16.5. The van der Waals surface area contributed by atoms with E-state index in [0.29, 0.717) is 23.9 Å². The summed E-state index contributed by atoms with van der Waals surface area (Å²) < 4.78 is 10.5. The third-order valence-corrected chi connectivity index (χ3v) is 4.15. The van der Waals surface area contributed by atoms with Gasteiger partial charge >= 0.3 is 0 Å². The van der Waals surface area contributed by atoms with Crippen molar-refractivity contribution < 1.29 is 14.3 Å². The Balaban J connectivity index is 1.68. The molecule has 1 aromatic heterocycles. The quantitative estimate of drug-likeness (QED) is 0.678. The molecule has 3 rings (SSSR count). The minimum absolute atomic E-state index is 0.190. The van der Waals surface area contributed by atoms with Gasteiger partial charge in [0.05, 0.1) is 32.3 Å². The number of carbonyl (C=O) groups excluding carboxylic acids is 1. The van der Waals surface area contributed by atoms with Crippen molar-refractivity contribution in [1.82, 2.24) is 14.9 Å². The Morgan fingerprint density at radius 3 is 2.46 bits per heavy atom. The number of hydrogen-bond acceptors (Lipinski definition) is 6. The van der Waals surface area contributed by atoms with E-state index in [2.05, 4.69) is 15.3 Å². The van der Waals surface area contributed by atoms with Crippen LogP contribution in [0.25, 0.3) is 0 Å². The summed E-state index contributed by atoms with van der Waals surface area (Å²) >= 11 is 0. The molecule has 28 heavy (non-hydrogen) atoms. The lowest BCUT2D eigenvalue weighted by Crippen LogP contribution is -2.27. The zero-order chi connectivity index (χ0) is 19.9. The van der Waals surface area contributed by atoms with Gasteiger partial charge < -0.3 is 19.7 Å². The summed E-state index contributed by atoms with van der Waals surface area (Å²) in [7, 11) is 4.92. The van der Waals surface area contributed by atoms with Crippen molar-refractivity contribution in [3.8, 4) is 11.5 Å². The molecule has 1 amide bonds. The highest BCUT2D eigenvalue weighted by Gasteiger charge is 2.14. The average molecular weight is 378 g/mol. The third kappa shape index (κ3) is 4.56. The normalized spacial score (nSPS) is 10.2. The van der Waals surface area contributed by atoms with Crippen LogP contribution in [-0.4, -0.2) is 42.0 Å². The monoisotopic (exact) mass is 378 g/mol. The summed E-state index contributed by atoms with van der Waals surface area (Å²) in [5.41, 5.74) is 2.06.